The lowest BCUT2D eigenvalue weighted by Crippen LogP contribution is -2.59. The summed E-state index contributed by atoms with van der Waals surface area (Å²) in [6, 6.07) is 6.48. The molecule has 0 spiro atoms. The second-order valence-electron chi connectivity index (χ2n) is 6.73. The van der Waals surface area contributed by atoms with Crippen molar-refractivity contribution in [3.05, 3.63) is 46.8 Å². The van der Waals surface area contributed by atoms with E-state index in [9.17, 15) is 4.79 Å². The molecule has 0 bridgehead atoms. The van der Waals surface area contributed by atoms with Gasteiger partial charge in [-0.15, -0.1) is 5.10 Å². The van der Waals surface area contributed by atoms with Gasteiger partial charge in [-0.05, 0) is 38.1 Å². The first kappa shape index (κ1) is 15.3. The van der Waals surface area contributed by atoms with Crippen molar-refractivity contribution >= 4 is 5.82 Å². The van der Waals surface area contributed by atoms with Crippen LogP contribution in [0.4, 0.5) is 5.82 Å². The maximum absolute atomic E-state index is 11.6. The van der Waals surface area contributed by atoms with Crippen LogP contribution in [-0.4, -0.2) is 57.4 Å². The Morgan fingerprint density at radius 2 is 2.08 bits per heavy atom. The monoisotopic (exact) mass is 326 g/mol. The molecule has 2 aromatic heterocycles. The number of likely N-dealkylation sites (N-methyl/N-ethyl adjacent to an activating group) is 1. The van der Waals surface area contributed by atoms with Gasteiger partial charge in [-0.25, -0.2) is 9.78 Å². The fourth-order valence-electron chi connectivity index (χ4n) is 3.03. The summed E-state index contributed by atoms with van der Waals surface area (Å²) in [5, 5.41) is 8.71. The third-order valence-corrected chi connectivity index (χ3v) is 4.95. The average molecular weight is 326 g/mol. The number of rotatable bonds is 6. The SMILES string of the molecule is CN(CCn1cccnc1=O)C1CN(c2ccc(C3CC3)nn2)C1. The van der Waals surface area contributed by atoms with E-state index in [1.165, 1.54) is 19.0 Å². The summed E-state index contributed by atoms with van der Waals surface area (Å²) < 4.78 is 1.65. The van der Waals surface area contributed by atoms with Crippen LogP contribution in [0.15, 0.2) is 35.4 Å². The second-order valence-corrected chi connectivity index (χ2v) is 6.73. The molecule has 0 unspecified atom stereocenters. The van der Waals surface area contributed by atoms with Crippen LogP contribution in [0, 0.1) is 0 Å². The molecule has 0 amide bonds. The molecule has 1 aliphatic carbocycles. The van der Waals surface area contributed by atoms with Gasteiger partial charge in [0, 0.05) is 50.5 Å². The predicted molar refractivity (Wildman–Crippen MR) is 91.1 cm³/mol. The lowest BCUT2D eigenvalue weighted by atomic mass is 10.1. The highest BCUT2D eigenvalue weighted by Gasteiger charge is 2.31. The topological polar surface area (TPSA) is 67.2 Å². The average Bonchev–Trinajstić information content (AvgIpc) is 3.38. The molecule has 0 radical (unpaired) electrons. The Balaban J connectivity index is 1.27. The number of anilines is 1. The van der Waals surface area contributed by atoms with Crippen LogP contribution in [0.5, 0.6) is 0 Å². The summed E-state index contributed by atoms with van der Waals surface area (Å²) in [6.07, 6.45) is 5.82. The zero-order chi connectivity index (χ0) is 16.5. The van der Waals surface area contributed by atoms with E-state index in [1.807, 2.05) is 0 Å². The van der Waals surface area contributed by atoms with E-state index in [4.69, 9.17) is 0 Å². The fourth-order valence-corrected chi connectivity index (χ4v) is 3.03. The molecule has 2 aromatic rings. The quantitative estimate of drug-likeness (QED) is 0.780. The minimum atomic E-state index is -0.188. The Kier molecular flexibility index (Phi) is 4.02. The summed E-state index contributed by atoms with van der Waals surface area (Å²) in [5.41, 5.74) is 0.946. The highest BCUT2D eigenvalue weighted by atomic mass is 16.1. The maximum Gasteiger partial charge on any atom is 0.347 e. The number of hydrogen-bond acceptors (Lipinski definition) is 6. The van der Waals surface area contributed by atoms with Crippen LogP contribution >= 0.6 is 0 Å². The summed E-state index contributed by atoms with van der Waals surface area (Å²) in [5.74, 6) is 1.62. The third-order valence-electron chi connectivity index (χ3n) is 4.95. The molecule has 7 heteroatoms. The molecule has 0 N–H and O–H groups in total. The molecule has 1 saturated carbocycles. The van der Waals surface area contributed by atoms with Gasteiger partial charge in [-0.3, -0.25) is 9.47 Å². The highest BCUT2D eigenvalue weighted by Crippen LogP contribution is 2.38. The van der Waals surface area contributed by atoms with E-state index in [1.54, 1.807) is 16.8 Å². The van der Waals surface area contributed by atoms with Crippen molar-refractivity contribution in [2.75, 3.05) is 31.6 Å². The standard InChI is InChI=1S/C17H22N6O/c1-21(9-10-22-8-2-7-18-17(22)24)14-11-23(12-14)16-6-5-15(19-20-16)13-3-4-13/h2,5-8,13-14H,3-4,9-12H2,1H3. The largest absolute Gasteiger partial charge is 0.352 e. The molecule has 0 aromatic carbocycles. The van der Waals surface area contributed by atoms with Crippen molar-refractivity contribution in [3.63, 3.8) is 0 Å². The summed E-state index contributed by atoms with van der Waals surface area (Å²) >= 11 is 0. The highest BCUT2D eigenvalue weighted by molar-refractivity contribution is 5.42. The molecule has 126 valence electrons. The first-order valence-electron chi connectivity index (χ1n) is 8.51. The van der Waals surface area contributed by atoms with Gasteiger partial charge >= 0.3 is 5.69 Å². The molecule has 7 nitrogen and oxygen atoms in total. The molecule has 0 atom stereocenters. The third kappa shape index (κ3) is 3.17. The van der Waals surface area contributed by atoms with Gasteiger partial charge in [-0.1, -0.05) is 0 Å². The van der Waals surface area contributed by atoms with E-state index in [0.717, 1.165) is 31.1 Å². The molecule has 2 fully saturated rings. The van der Waals surface area contributed by atoms with E-state index in [-0.39, 0.29) is 5.69 Å². The predicted octanol–water partition coefficient (Wildman–Crippen LogP) is 0.731. The number of hydrogen-bond donors (Lipinski definition) is 0. The number of aromatic nitrogens is 4. The van der Waals surface area contributed by atoms with Gasteiger partial charge in [0.15, 0.2) is 5.82 Å². The van der Waals surface area contributed by atoms with Gasteiger partial charge in [-0.2, -0.15) is 5.10 Å². The molecule has 2 aliphatic rings. The molecule has 4 rings (SSSR count). The van der Waals surface area contributed by atoms with E-state index >= 15 is 0 Å². The maximum atomic E-state index is 11.6. The Bertz CT molecular complexity index is 748. The summed E-state index contributed by atoms with van der Waals surface area (Å²) in [6.45, 7) is 3.40. The van der Waals surface area contributed by atoms with Crippen LogP contribution in [0.2, 0.25) is 0 Å². The lowest BCUT2D eigenvalue weighted by Gasteiger charge is -2.44. The van der Waals surface area contributed by atoms with Gasteiger partial charge in [0.25, 0.3) is 0 Å². The molecular weight excluding hydrogens is 304 g/mol. The van der Waals surface area contributed by atoms with E-state index < -0.39 is 0 Å². The zero-order valence-electron chi connectivity index (χ0n) is 13.9. The van der Waals surface area contributed by atoms with Gasteiger partial charge < -0.3 is 4.90 Å². The Morgan fingerprint density at radius 3 is 2.75 bits per heavy atom. The van der Waals surface area contributed by atoms with Crippen molar-refractivity contribution in [2.45, 2.75) is 31.3 Å². The smallest absolute Gasteiger partial charge is 0.347 e. The molecular formula is C17H22N6O. The van der Waals surface area contributed by atoms with Gasteiger partial charge in [0.1, 0.15) is 0 Å². The Morgan fingerprint density at radius 1 is 1.25 bits per heavy atom. The van der Waals surface area contributed by atoms with E-state index in [2.05, 4.69) is 44.2 Å². The minimum absolute atomic E-state index is 0.188. The van der Waals surface area contributed by atoms with Gasteiger partial charge in [0.2, 0.25) is 0 Å². The molecule has 1 aliphatic heterocycles. The van der Waals surface area contributed by atoms with Crippen LogP contribution in [0.1, 0.15) is 24.5 Å². The van der Waals surface area contributed by atoms with Crippen molar-refractivity contribution < 1.29 is 0 Å². The zero-order valence-corrected chi connectivity index (χ0v) is 13.9. The van der Waals surface area contributed by atoms with Crippen LogP contribution in [-0.2, 0) is 6.54 Å². The summed E-state index contributed by atoms with van der Waals surface area (Å²) in [7, 11) is 2.10. The van der Waals surface area contributed by atoms with Crippen LogP contribution in [0.25, 0.3) is 0 Å². The van der Waals surface area contributed by atoms with Crippen LogP contribution in [0.3, 0.4) is 0 Å². The molecule has 1 saturated heterocycles. The number of nitrogens with zero attached hydrogens (tertiary/aromatic N) is 6. The van der Waals surface area contributed by atoms with Gasteiger partial charge in [0.05, 0.1) is 5.69 Å². The fraction of sp³-hybridized carbons (Fsp3) is 0.529. The second kappa shape index (κ2) is 6.32. The van der Waals surface area contributed by atoms with Crippen molar-refractivity contribution in [1.82, 2.24) is 24.6 Å². The van der Waals surface area contributed by atoms with Crippen molar-refractivity contribution in [2.24, 2.45) is 0 Å². The normalized spacial score (nSPS) is 18.0. The lowest BCUT2D eigenvalue weighted by molar-refractivity contribution is 0.196. The first-order valence-corrected chi connectivity index (χ1v) is 8.51. The van der Waals surface area contributed by atoms with E-state index in [0.29, 0.717) is 18.5 Å². The van der Waals surface area contributed by atoms with Crippen molar-refractivity contribution in [1.29, 1.82) is 0 Å². The first-order chi connectivity index (χ1) is 11.7. The Hall–Kier alpha value is -2.28. The molecule has 3 heterocycles. The van der Waals surface area contributed by atoms with Crippen molar-refractivity contribution in [3.8, 4) is 0 Å². The molecule has 24 heavy (non-hydrogen) atoms. The summed E-state index contributed by atoms with van der Waals surface area (Å²) in [4.78, 5) is 19.9. The Labute approximate surface area is 140 Å². The van der Waals surface area contributed by atoms with Crippen LogP contribution < -0.4 is 10.6 Å². The minimum Gasteiger partial charge on any atom is -0.352 e.